The van der Waals surface area contributed by atoms with E-state index in [2.05, 4.69) is 42.7 Å². The third kappa shape index (κ3) is 3.53. The maximum Gasteiger partial charge on any atom is 0.124 e. The first-order valence-corrected chi connectivity index (χ1v) is 10.6. The van der Waals surface area contributed by atoms with Gasteiger partial charge in [0.15, 0.2) is 0 Å². The second-order valence-electron chi connectivity index (χ2n) is 6.13. The van der Waals surface area contributed by atoms with Gasteiger partial charge in [-0.05, 0) is 48.2 Å². The van der Waals surface area contributed by atoms with Crippen LogP contribution in [0, 0.1) is 0 Å². The Hall–Kier alpha value is -2.17. The Morgan fingerprint density at radius 2 is 1.69 bits per heavy atom. The molecular weight excluding hydrogens is 358 g/mol. The lowest BCUT2D eigenvalue weighted by atomic mass is 10.0. The van der Waals surface area contributed by atoms with Gasteiger partial charge in [0.2, 0.25) is 0 Å². The monoisotopic (exact) mass is 377 g/mol. The molecule has 1 N–H and O–H groups in total. The van der Waals surface area contributed by atoms with Crippen LogP contribution in [0.1, 0.15) is 22.8 Å². The molecular formula is C22H19NOS2. The molecule has 0 saturated heterocycles. The summed E-state index contributed by atoms with van der Waals surface area (Å²) in [7, 11) is 0. The Labute approximate surface area is 162 Å². The van der Waals surface area contributed by atoms with Gasteiger partial charge >= 0.3 is 0 Å². The molecule has 4 heteroatoms. The average Bonchev–Trinajstić information content (AvgIpc) is 2.88. The minimum Gasteiger partial charge on any atom is -0.507 e. The number of benzene rings is 3. The predicted molar refractivity (Wildman–Crippen MR) is 112 cm³/mol. The van der Waals surface area contributed by atoms with Crippen LogP contribution in [0.2, 0.25) is 0 Å². The van der Waals surface area contributed by atoms with E-state index in [1.165, 1.54) is 15.4 Å². The highest BCUT2D eigenvalue weighted by molar-refractivity contribution is 7.99. The van der Waals surface area contributed by atoms with Crippen LogP contribution in [-0.2, 0) is 0 Å². The zero-order chi connectivity index (χ0) is 17.9. The highest BCUT2D eigenvalue weighted by atomic mass is 32.2. The molecule has 0 aliphatic carbocycles. The largest absolute Gasteiger partial charge is 0.507 e. The molecule has 0 saturated carbocycles. The lowest BCUT2D eigenvalue weighted by Gasteiger charge is -2.17. The zero-order valence-corrected chi connectivity index (χ0v) is 16.1. The lowest BCUT2D eigenvalue weighted by molar-refractivity contribution is 0.474. The number of thioether (sulfide) groups is 2. The minimum atomic E-state index is 0.257. The Bertz CT molecular complexity index is 950. The fourth-order valence-corrected chi connectivity index (χ4v) is 4.74. The number of rotatable bonds is 3. The summed E-state index contributed by atoms with van der Waals surface area (Å²) in [5, 5.41) is 10.6. The summed E-state index contributed by atoms with van der Waals surface area (Å²) in [6.45, 7) is 0. The molecule has 3 aromatic carbocycles. The first kappa shape index (κ1) is 17.3. The molecule has 2 nitrogen and oxygen atoms in total. The van der Waals surface area contributed by atoms with Gasteiger partial charge in [-0.2, -0.15) is 0 Å². The van der Waals surface area contributed by atoms with Crippen molar-refractivity contribution in [2.75, 3.05) is 6.26 Å². The van der Waals surface area contributed by atoms with Crippen molar-refractivity contribution in [3.63, 3.8) is 0 Å². The smallest absolute Gasteiger partial charge is 0.124 e. The summed E-state index contributed by atoms with van der Waals surface area (Å²) in [5.41, 5.74) is 4.00. The molecule has 1 aliphatic heterocycles. The molecule has 1 aliphatic rings. The molecule has 0 bridgehead atoms. The van der Waals surface area contributed by atoms with Gasteiger partial charge in [-0.1, -0.05) is 36.4 Å². The molecule has 0 spiro atoms. The minimum absolute atomic E-state index is 0.257. The quantitative estimate of drug-likeness (QED) is 0.531. The number of fused-ring (bicyclic) bond motifs is 1. The summed E-state index contributed by atoms with van der Waals surface area (Å²) >= 11 is 3.60. The molecule has 130 valence electrons. The predicted octanol–water partition coefficient (Wildman–Crippen LogP) is 6.47. The number of phenolic OH excluding ortho intramolecular Hbond substituents is 1. The first-order valence-electron chi connectivity index (χ1n) is 8.50. The van der Waals surface area contributed by atoms with E-state index in [1.807, 2.05) is 42.1 Å². The molecule has 26 heavy (non-hydrogen) atoms. The maximum atomic E-state index is 10.3. The molecule has 3 aromatic rings. The second-order valence-corrected chi connectivity index (χ2v) is 8.25. The zero-order valence-electron chi connectivity index (χ0n) is 14.4. The molecule has 0 radical (unpaired) electrons. The number of phenols is 1. The van der Waals surface area contributed by atoms with E-state index in [-0.39, 0.29) is 11.0 Å². The van der Waals surface area contributed by atoms with E-state index in [4.69, 9.17) is 4.99 Å². The van der Waals surface area contributed by atoms with Gasteiger partial charge in [-0.3, -0.25) is 4.99 Å². The van der Waals surface area contributed by atoms with Crippen LogP contribution in [0.3, 0.4) is 0 Å². The number of aliphatic imine (C=N–C) groups is 1. The SMILES string of the molecule is CSc1ccc(C2CC(c3ccccc3O)=Nc3ccccc3S2)cc1. The molecule has 1 unspecified atom stereocenters. The molecule has 0 aromatic heterocycles. The first-order chi connectivity index (χ1) is 12.7. The van der Waals surface area contributed by atoms with Crippen LogP contribution in [0.4, 0.5) is 5.69 Å². The van der Waals surface area contributed by atoms with Crippen LogP contribution < -0.4 is 0 Å². The number of aromatic hydroxyl groups is 1. The number of hydrogen-bond donors (Lipinski definition) is 1. The van der Waals surface area contributed by atoms with Crippen LogP contribution >= 0.6 is 23.5 Å². The topological polar surface area (TPSA) is 32.6 Å². The Kier molecular flexibility index (Phi) is 5.05. The Morgan fingerprint density at radius 1 is 0.962 bits per heavy atom. The molecule has 0 amide bonds. The lowest BCUT2D eigenvalue weighted by Crippen LogP contribution is -2.05. The van der Waals surface area contributed by atoms with Crippen molar-refractivity contribution in [1.29, 1.82) is 0 Å². The number of para-hydroxylation sites is 2. The van der Waals surface area contributed by atoms with Crippen molar-refractivity contribution in [2.45, 2.75) is 21.5 Å². The van der Waals surface area contributed by atoms with Gasteiger partial charge in [0.05, 0.1) is 11.4 Å². The molecule has 1 atom stereocenters. The maximum absolute atomic E-state index is 10.3. The number of hydrogen-bond acceptors (Lipinski definition) is 4. The van der Waals surface area contributed by atoms with Gasteiger partial charge < -0.3 is 5.11 Å². The summed E-state index contributed by atoms with van der Waals surface area (Å²) < 4.78 is 0. The van der Waals surface area contributed by atoms with Crippen molar-refractivity contribution >= 4 is 34.9 Å². The van der Waals surface area contributed by atoms with Crippen molar-refractivity contribution in [3.05, 3.63) is 83.9 Å². The highest BCUT2D eigenvalue weighted by Crippen LogP contribution is 2.46. The van der Waals surface area contributed by atoms with Crippen LogP contribution in [-0.4, -0.2) is 17.1 Å². The third-order valence-corrected chi connectivity index (χ3v) is 6.54. The fraction of sp³-hybridized carbons (Fsp3) is 0.136. The third-order valence-electron chi connectivity index (χ3n) is 4.47. The van der Waals surface area contributed by atoms with Crippen LogP contribution in [0.5, 0.6) is 5.75 Å². The van der Waals surface area contributed by atoms with Gasteiger partial charge in [-0.25, -0.2) is 0 Å². The molecule has 0 fully saturated rings. The van der Waals surface area contributed by atoms with Gasteiger partial charge in [0.25, 0.3) is 0 Å². The van der Waals surface area contributed by atoms with Gasteiger partial charge in [0.1, 0.15) is 5.75 Å². The summed E-state index contributed by atoms with van der Waals surface area (Å²) in [5.74, 6) is 0.284. The van der Waals surface area contributed by atoms with E-state index < -0.39 is 0 Å². The van der Waals surface area contributed by atoms with E-state index in [0.29, 0.717) is 0 Å². The van der Waals surface area contributed by atoms with Gasteiger partial charge in [-0.15, -0.1) is 23.5 Å². The van der Waals surface area contributed by atoms with Crippen molar-refractivity contribution in [2.24, 2.45) is 4.99 Å². The summed E-state index contributed by atoms with van der Waals surface area (Å²) in [6.07, 6.45) is 2.87. The summed E-state index contributed by atoms with van der Waals surface area (Å²) in [6, 6.07) is 24.5. The average molecular weight is 378 g/mol. The molecule has 1 heterocycles. The van der Waals surface area contributed by atoms with Crippen molar-refractivity contribution in [1.82, 2.24) is 0 Å². The Morgan fingerprint density at radius 3 is 2.46 bits per heavy atom. The van der Waals surface area contributed by atoms with E-state index in [0.717, 1.165) is 23.4 Å². The fourth-order valence-electron chi connectivity index (χ4n) is 3.10. The number of nitrogens with zero attached hydrogens (tertiary/aromatic N) is 1. The van der Waals surface area contributed by atoms with Crippen LogP contribution in [0.15, 0.2) is 87.6 Å². The second kappa shape index (κ2) is 7.60. The highest BCUT2D eigenvalue weighted by Gasteiger charge is 2.23. The standard InChI is InChI=1S/C22H19NOS2/c1-25-16-12-10-15(11-13-16)22-14-19(17-6-2-4-8-20(17)24)23-18-7-3-5-9-21(18)26-22/h2-13,22,24H,14H2,1H3. The van der Waals surface area contributed by atoms with Crippen molar-refractivity contribution < 1.29 is 5.11 Å². The van der Waals surface area contributed by atoms with E-state index >= 15 is 0 Å². The summed E-state index contributed by atoms with van der Waals surface area (Å²) in [4.78, 5) is 7.36. The molecule has 4 rings (SSSR count). The normalized spacial score (nSPS) is 16.5. The Balaban J connectivity index is 1.78. The van der Waals surface area contributed by atoms with E-state index in [9.17, 15) is 5.11 Å². The van der Waals surface area contributed by atoms with Crippen LogP contribution in [0.25, 0.3) is 0 Å². The van der Waals surface area contributed by atoms with E-state index in [1.54, 1.807) is 17.8 Å². The van der Waals surface area contributed by atoms with Crippen molar-refractivity contribution in [3.8, 4) is 5.75 Å². The van der Waals surface area contributed by atoms with Gasteiger partial charge in [0, 0.05) is 27.0 Å².